The van der Waals surface area contributed by atoms with Crippen LogP contribution in [0.2, 0.25) is 0 Å². The van der Waals surface area contributed by atoms with E-state index in [2.05, 4.69) is 12.1 Å². The molecule has 0 aliphatic carbocycles. The Morgan fingerprint density at radius 3 is 2.75 bits per heavy atom. The fourth-order valence-electron chi connectivity index (χ4n) is 2.15. The minimum Gasteiger partial charge on any atom is -0.320 e. The molecule has 0 bridgehead atoms. The predicted octanol–water partition coefficient (Wildman–Crippen LogP) is 2.76. The molecular formula is C14H11NO. The van der Waals surface area contributed by atoms with Gasteiger partial charge in [-0.1, -0.05) is 24.3 Å². The van der Waals surface area contributed by atoms with Crippen LogP contribution in [0.5, 0.6) is 0 Å². The highest BCUT2D eigenvalue weighted by atomic mass is 16.1. The van der Waals surface area contributed by atoms with E-state index in [1.54, 1.807) is 12.1 Å². The minimum atomic E-state index is 0.0638. The van der Waals surface area contributed by atoms with Crippen LogP contribution in [-0.2, 0) is 0 Å². The Kier molecular flexibility index (Phi) is 1.83. The summed E-state index contributed by atoms with van der Waals surface area (Å²) in [6.45, 7) is 1.95. The van der Waals surface area contributed by atoms with Gasteiger partial charge < -0.3 is 4.40 Å². The average molecular weight is 209 g/mol. The lowest BCUT2D eigenvalue weighted by atomic mass is 10.1. The van der Waals surface area contributed by atoms with Crippen molar-refractivity contribution >= 4 is 16.3 Å². The number of aryl methyl sites for hydroxylation is 1. The third-order valence-corrected chi connectivity index (χ3v) is 2.91. The molecule has 2 heterocycles. The molecule has 0 unspecified atom stereocenters. The lowest BCUT2D eigenvalue weighted by Gasteiger charge is -2.07. The lowest BCUT2D eigenvalue weighted by Crippen LogP contribution is -2.04. The van der Waals surface area contributed by atoms with Gasteiger partial charge in [-0.2, -0.15) is 0 Å². The summed E-state index contributed by atoms with van der Waals surface area (Å²) in [4.78, 5) is 11.5. The first-order valence-corrected chi connectivity index (χ1v) is 5.26. The Labute approximate surface area is 92.8 Å². The summed E-state index contributed by atoms with van der Waals surface area (Å²) in [7, 11) is 0. The van der Waals surface area contributed by atoms with E-state index in [9.17, 15) is 4.79 Å². The van der Waals surface area contributed by atoms with Crippen LogP contribution in [0.25, 0.3) is 16.3 Å². The second-order valence-corrected chi connectivity index (χ2v) is 3.99. The molecular weight excluding hydrogens is 198 g/mol. The molecule has 3 rings (SSSR count). The highest BCUT2D eigenvalue weighted by Crippen LogP contribution is 2.19. The molecule has 0 saturated heterocycles. The first kappa shape index (κ1) is 9.16. The molecule has 2 aromatic heterocycles. The Morgan fingerprint density at radius 2 is 1.88 bits per heavy atom. The van der Waals surface area contributed by atoms with Crippen molar-refractivity contribution in [2.24, 2.45) is 0 Å². The molecule has 0 aliphatic heterocycles. The number of benzene rings is 1. The second-order valence-electron chi connectivity index (χ2n) is 3.99. The maximum Gasteiger partial charge on any atom is 0.182 e. The molecule has 0 saturated carbocycles. The van der Waals surface area contributed by atoms with Gasteiger partial charge in [-0.25, -0.2) is 0 Å². The summed E-state index contributed by atoms with van der Waals surface area (Å²) in [6, 6.07) is 13.5. The van der Waals surface area contributed by atoms with Gasteiger partial charge in [-0.05, 0) is 18.4 Å². The van der Waals surface area contributed by atoms with Crippen LogP contribution in [0.3, 0.4) is 0 Å². The van der Waals surface area contributed by atoms with Crippen LogP contribution in [0.15, 0.2) is 53.5 Å². The molecule has 2 heteroatoms. The van der Waals surface area contributed by atoms with Gasteiger partial charge in [0, 0.05) is 29.4 Å². The second kappa shape index (κ2) is 3.20. The van der Waals surface area contributed by atoms with Crippen LogP contribution in [0.4, 0.5) is 0 Å². The first-order valence-electron chi connectivity index (χ1n) is 5.26. The van der Waals surface area contributed by atoms with E-state index in [4.69, 9.17) is 0 Å². The van der Waals surface area contributed by atoms with Crippen molar-refractivity contribution in [1.29, 1.82) is 0 Å². The van der Waals surface area contributed by atoms with Gasteiger partial charge in [0.05, 0.1) is 5.52 Å². The van der Waals surface area contributed by atoms with Crippen molar-refractivity contribution in [2.75, 3.05) is 0 Å². The Morgan fingerprint density at radius 1 is 1.06 bits per heavy atom. The normalized spacial score (nSPS) is 11.1. The van der Waals surface area contributed by atoms with Crippen molar-refractivity contribution < 1.29 is 0 Å². The molecule has 78 valence electrons. The van der Waals surface area contributed by atoms with Crippen molar-refractivity contribution in [3.05, 3.63) is 64.6 Å². The van der Waals surface area contributed by atoms with Crippen LogP contribution in [-0.4, -0.2) is 4.40 Å². The summed E-state index contributed by atoms with van der Waals surface area (Å²) in [5.74, 6) is 0. The maximum absolute atomic E-state index is 11.5. The number of nitrogens with zero attached hydrogens (tertiary/aromatic N) is 1. The van der Waals surface area contributed by atoms with E-state index in [-0.39, 0.29) is 5.43 Å². The monoisotopic (exact) mass is 209 g/mol. The summed E-state index contributed by atoms with van der Waals surface area (Å²) in [5, 5.41) is 2.28. The van der Waals surface area contributed by atoms with E-state index in [1.807, 2.05) is 35.7 Å². The van der Waals surface area contributed by atoms with Gasteiger partial charge >= 0.3 is 0 Å². The van der Waals surface area contributed by atoms with Gasteiger partial charge in [0.1, 0.15) is 0 Å². The van der Waals surface area contributed by atoms with Crippen molar-refractivity contribution in [3.8, 4) is 0 Å². The minimum absolute atomic E-state index is 0.0638. The van der Waals surface area contributed by atoms with E-state index >= 15 is 0 Å². The highest BCUT2D eigenvalue weighted by molar-refractivity contribution is 5.95. The van der Waals surface area contributed by atoms with Crippen LogP contribution in [0, 0.1) is 6.92 Å². The zero-order valence-electron chi connectivity index (χ0n) is 8.97. The molecule has 0 fully saturated rings. The van der Waals surface area contributed by atoms with Crippen LogP contribution >= 0.6 is 0 Å². The largest absolute Gasteiger partial charge is 0.320 e. The van der Waals surface area contributed by atoms with Gasteiger partial charge in [0.2, 0.25) is 0 Å². The number of rotatable bonds is 0. The summed E-state index contributed by atoms with van der Waals surface area (Å²) >= 11 is 0. The molecule has 1 aromatic carbocycles. The quantitative estimate of drug-likeness (QED) is 0.522. The van der Waals surface area contributed by atoms with Crippen LogP contribution < -0.4 is 5.43 Å². The fraction of sp³-hybridized carbons (Fsp3) is 0.0714. The van der Waals surface area contributed by atoms with E-state index in [0.29, 0.717) is 0 Å². The van der Waals surface area contributed by atoms with E-state index in [1.165, 1.54) is 0 Å². The number of pyridine rings is 2. The topological polar surface area (TPSA) is 21.5 Å². The molecule has 0 spiro atoms. The Bertz CT molecular complexity index is 740. The third kappa shape index (κ3) is 1.23. The van der Waals surface area contributed by atoms with Crippen LogP contribution in [0.1, 0.15) is 5.69 Å². The van der Waals surface area contributed by atoms with Gasteiger partial charge in [-0.15, -0.1) is 0 Å². The zero-order chi connectivity index (χ0) is 11.1. The Hall–Kier alpha value is -2.09. The number of hydrogen-bond acceptors (Lipinski definition) is 1. The SMILES string of the molecule is Cc1cc(=O)cc2c3ccccc3ccn12. The molecule has 0 N–H and O–H groups in total. The maximum atomic E-state index is 11.5. The average Bonchev–Trinajstić information content (AvgIpc) is 2.28. The van der Waals surface area contributed by atoms with Crippen molar-refractivity contribution in [3.63, 3.8) is 0 Å². The van der Waals surface area contributed by atoms with Crippen molar-refractivity contribution in [1.82, 2.24) is 4.40 Å². The first-order chi connectivity index (χ1) is 7.75. The molecule has 0 aliphatic rings. The van der Waals surface area contributed by atoms with Gasteiger partial charge in [0.15, 0.2) is 5.43 Å². The van der Waals surface area contributed by atoms with E-state index in [0.717, 1.165) is 22.0 Å². The van der Waals surface area contributed by atoms with E-state index < -0.39 is 0 Å². The number of hydrogen-bond donors (Lipinski definition) is 0. The molecule has 0 radical (unpaired) electrons. The predicted molar refractivity (Wildman–Crippen MR) is 65.9 cm³/mol. The molecule has 3 aromatic rings. The molecule has 0 atom stereocenters. The van der Waals surface area contributed by atoms with Gasteiger partial charge in [-0.3, -0.25) is 4.79 Å². The molecule has 16 heavy (non-hydrogen) atoms. The highest BCUT2D eigenvalue weighted by Gasteiger charge is 2.01. The fourth-order valence-corrected chi connectivity index (χ4v) is 2.15. The van der Waals surface area contributed by atoms with Gasteiger partial charge in [0.25, 0.3) is 0 Å². The zero-order valence-corrected chi connectivity index (χ0v) is 8.97. The molecule has 0 amide bonds. The van der Waals surface area contributed by atoms with Crippen molar-refractivity contribution in [2.45, 2.75) is 6.92 Å². The number of aromatic nitrogens is 1. The smallest absolute Gasteiger partial charge is 0.182 e. The number of fused-ring (bicyclic) bond motifs is 3. The third-order valence-electron chi connectivity index (χ3n) is 2.91. The standard InChI is InChI=1S/C14H11NO/c1-10-8-12(16)9-14-13-5-3-2-4-11(13)6-7-15(10)14/h2-9H,1H3. The summed E-state index contributed by atoms with van der Waals surface area (Å²) in [6.07, 6.45) is 2.01. The lowest BCUT2D eigenvalue weighted by molar-refractivity contribution is 1.08. The summed E-state index contributed by atoms with van der Waals surface area (Å²) < 4.78 is 2.05. The Balaban J connectivity index is 2.65. The molecule has 2 nitrogen and oxygen atoms in total. The summed E-state index contributed by atoms with van der Waals surface area (Å²) in [5.41, 5.74) is 2.00.